The van der Waals surface area contributed by atoms with Crippen molar-refractivity contribution in [1.82, 2.24) is 5.32 Å². The van der Waals surface area contributed by atoms with Crippen LogP contribution in [-0.4, -0.2) is 13.1 Å². The molecule has 0 bridgehead atoms. The Morgan fingerprint density at radius 3 is 2.52 bits per heavy atom. The zero-order valence-electron chi connectivity index (χ0n) is 13.0. The number of nitrogens with one attached hydrogen (secondary N) is 1. The van der Waals surface area contributed by atoms with Crippen molar-refractivity contribution in [3.8, 4) is 0 Å². The summed E-state index contributed by atoms with van der Waals surface area (Å²) < 4.78 is 26.4. The van der Waals surface area contributed by atoms with Gasteiger partial charge in [-0.05, 0) is 68.3 Å². The minimum Gasteiger partial charge on any atom is -0.316 e. The second kappa shape index (κ2) is 8.47. The van der Waals surface area contributed by atoms with Crippen molar-refractivity contribution in [2.75, 3.05) is 13.1 Å². The van der Waals surface area contributed by atoms with Gasteiger partial charge in [-0.3, -0.25) is 0 Å². The average molecular weight is 295 g/mol. The van der Waals surface area contributed by atoms with E-state index in [0.29, 0.717) is 11.8 Å². The van der Waals surface area contributed by atoms with Crippen LogP contribution in [0.2, 0.25) is 0 Å². The van der Waals surface area contributed by atoms with Crippen LogP contribution < -0.4 is 5.32 Å². The fourth-order valence-corrected chi connectivity index (χ4v) is 3.43. The van der Waals surface area contributed by atoms with Crippen LogP contribution in [-0.2, 0) is 6.42 Å². The molecule has 1 nitrogen and oxygen atoms in total. The molecule has 1 aromatic rings. The summed E-state index contributed by atoms with van der Waals surface area (Å²) in [5, 5.41) is 3.53. The van der Waals surface area contributed by atoms with Gasteiger partial charge in [0, 0.05) is 0 Å². The smallest absolute Gasteiger partial charge is 0.159 e. The summed E-state index contributed by atoms with van der Waals surface area (Å²) in [6.45, 7) is 4.30. The molecule has 21 heavy (non-hydrogen) atoms. The van der Waals surface area contributed by atoms with E-state index in [-0.39, 0.29) is 0 Å². The molecule has 0 aliphatic heterocycles. The molecule has 1 fully saturated rings. The second-order valence-electron chi connectivity index (χ2n) is 6.31. The zero-order chi connectivity index (χ0) is 15.1. The molecule has 0 amide bonds. The van der Waals surface area contributed by atoms with Crippen LogP contribution in [0.3, 0.4) is 0 Å². The monoisotopic (exact) mass is 295 g/mol. The first-order valence-electron chi connectivity index (χ1n) is 8.35. The van der Waals surface area contributed by atoms with Gasteiger partial charge < -0.3 is 5.32 Å². The van der Waals surface area contributed by atoms with Crippen molar-refractivity contribution in [2.24, 2.45) is 11.8 Å². The van der Waals surface area contributed by atoms with E-state index in [9.17, 15) is 8.78 Å². The molecule has 1 N–H and O–H groups in total. The van der Waals surface area contributed by atoms with Crippen LogP contribution in [0.1, 0.15) is 51.0 Å². The Balaban J connectivity index is 1.99. The molecule has 0 spiro atoms. The third kappa shape index (κ3) is 5.06. The number of hydrogen-bond acceptors (Lipinski definition) is 1. The van der Waals surface area contributed by atoms with Crippen molar-refractivity contribution < 1.29 is 8.78 Å². The van der Waals surface area contributed by atoms with E-state index in [2.05, 4.69) is 12.2 Å². The molecule has 1 aliphatic carbocycles. The molecule has 0 saturated heterocycles. The largest absolute Gasteiger partial charge is 0.316 e. The van der Waals surface area contributed by atoms with E-state index in [4.69, 9.17) is 0 Å². The predicted molar refractivity (Wildman–Crippen MR) is 83.3 cm³/mol. The summed E-state index contributed by atoms with van der Waals surface area (Å²) in [5.41, 5.74) is 0.932. The standard InChI is InChI=1S/C18H27F2N/c1-2-10-21-13-16-7-5-3-4-6-15(16)11-14-8-9-17(19)18(20)12-14/h8-9,12,15-16,21H,2-7,10-11,13H2,1H3. The Kier molecular flexibility index (Phi) is 6.62. The lowest BCUT2D eigenvalue weighted by Gasteiger charge is -2.25. The quantitative estimate of drug-likeness (QED) is 0.592. The van der Waals surface area contributed by atoms with Crippen molar-refractivity contribution in [1.29, 1.82) is 0 Å². The third-order valence-corrected chi connectivity index (χ3v) is 4.63. The molecule has 2 atom stereocenters. The van der Waals surface area contributed by atoms with E-state index in [0.717, 1.165) is 31.5 Å². The second-order valence-corrected chi connectivity index (χ2v) is 6.31. The lowest BCUT2D eigenvalue weighted by atomic mass is 9.83. The molecule has 0 heterocycles. The molecule has 0 aromatic heterocycles. The highest BCUT2D eigenvalue weighted by molar-refractivity contribution is 5.18. The van der Waals surface area contributed by atoms with Crippen LogP contribution in [0.15, 0.2) is 18.2 Å². The van der Waals surface area contributed by atoms with Crippen molar-refractivity contribution in [2.45, 2.75) is 51.9 Å². The first-order chi connectivity index (χ1) is 10.2. The maximum absolute atomic E-state index is 13.4. The highest BCUT2D eigenvalue weighted by atomic mass is 19.2. The Bertz CT molecular complexity index is 433. The summed E-state index contributed by atoms with van der Waals surface area (Å²) in [7, 11) is 0. The summed E-state index contributed by atoms with van der Waals surface area (Å²) in [4.78, 5) is 0. The van der Waals surface area contributed by atoms with Gasteiger partial charge in [-0.15, -0.1) is 0 Å². The summed E-state index contributed by atoms with van der Waals surface area (Å²) >= 11 is 0. The molecule has 1 aliphatic rings. The summed E-state index contributed by atoms with van der Waals surface area (Å²) in [6, 6.07) is 4.36. The van der Waals surface area contributed by atoms with Crippen molar-refractivity contribution >= 4 is 0 Å². The Morgan fingerprint density at radius 1 is 1.05 bits per heavy atom. The molecular formula is C18H27F2N. The molecule has 3 heteroatoms. The molecule has 2 rings (SSSR count). The molecule has 1 saturated carbocycles. The van der Waals surface area contributed by atoms with Crippen molar-refractivity contribution in [3.05, 3.63) is 35.4 Å². The fourth-order valence-electron chi connectivity index (χ4n) is 3.43. The fraction of sp³-hybridized carbons (Fsp3) is 0.667. The van der Waals surface area contributed by atoms with Crippen LogP contribution >= 0.6 is 0 Å². The number of halogens is 2. The normalized spacial score (nSPS) is 23.0. The summed E-state index contributed by atoms with van der Waals surface area (Å²) in [6.07, 6.45) is 8.35. The van der Waals surface area contributed by atoms with Crippen molar-refractivity contribution in [3.63, 3.8) is 0 Å². The van der Waals surface area contributed by atoms with Gasteiger partial charge in [-0.25, -0.2) is 8.78 Å². The van der Waals surface area contributed by atoms with E-state index in [1.807, 2.05) is 0 Å². The lowest BCUT2D eigenvalue weighted by Crippen LogP contribution is -2.29. The van der Waals surface area contributed by atoms with Gasteiger partial charge in [0.25, 0.3) is 0 Å². The molecule has 2 unspecified atom stereocenters. The number of rotatable bonds is 6. The maximum atomic E-state index is 13.4. The van der Waals surface area contributed by atoms with Gasteiger partial charge in [0.2, 0.25) is 0 Å². The highest BCUT2D eigenvalue weighted by Gasteiger charge is 2.23. The first-order valence-corrected chi connectivity index (χ1v) is 8.35. The minimum atomic E-state index is -0.749. The predicted octanol–water partition coefficient (Wildman–Crippen LogP) is 4.70. The minimum absolute atomic E-state index is 0.585. The van der Waals surface area contributed by atoms with Gasteiger partial charge in [-0.1, -0.05) is 32.3 Å². The number of benzene rings is 1. The molecule has 0 radical (unpaired) electrons. The Labute approximate surface area is 127 Å². The van der Waals surface area contributed by atoms with Crippen LogP contribution in [0.4, 0.5) is 8.78 Å². The van der Waals surface area contributed by atoms with E-state index >= 15 is 0 Å². The maximum Gasteiger partial charge on any atom is 0.159 e. The van der Waals surface area contributed by atoms with E-state index < -0.39 is 11.6 Å². The highest BCUT2D eigenvalue weighted by Crippen LogP contribution is 2.31. The van der Waals surface area contributed by atoms with Gasteiger partial charge in [0.05, 0.1) is 0 Å². The zero-order valence-corrected chi connectivity index (χ0v) is 13.0. The SMILES string of the molecule is CCCNCC1CCCCCC1Cc1ccc(F)c(F)c1. The Morgan fingerprint density at radius 2 is 1.81 bits per heavy atom. The third-order valence-electron chi connectivity index (χ3n) is 4.63. The summed E-state index contributed by atoms with van der Waals surface area (Å²) in [5.74, 6) is -0.226. The molecule has 1 aromatic carbocycles. The van der Waals surface area contributed by atoms with Crippen LogP contribution in [0.25, 0.3) is 0 Å². The number of hydrogen-bond donors (Lipinski definition) is 1. The lowest BCUT2D eigenvalue weighted by molar-refractivity contribution is 0.297. The molecular weight excluding hydrogens is 268 g/mol. The van der Waals surface area contributed by atoms with Gasteiger partial charge in [0.1, 0.15) is 0 Å². The van der Waals surface area contributed by atoms with Gasteiger partial charge >= 0.3 is 0 Å². The first kappa shape index (κ1) is 16.4. The van der Waals surface area contributed by atoms with Gasteiger partial charge in [-0.2, -0.15) is 0 Å². The van der Waals surface area contributed by atoms with E-state index in [1.54, 1.807) is 6.07 Å². The topological polar surface area (TPSA) is 12.0 Å². The van der Waals surface area contributed by atoms with Crippen LogP contribution in [0.5, 0.6) is 0 Å². The van der Waals surface area contributed by atoms with E-state index in [1.165, 1.54) is 44.2 Å². The average Bonchev–Trinajstić information content (AvgIpc) is 2.69. The molecule has 118 valence electrons. The van der Waals surface area contributed by atoms with Gasteiger partial charge in [0.15, 0.2) is 11.6 Å². The Hall–Kier alpha value is -0.960. The van der Waals surface area contributed by atoms with Crippen LogP contribution in [0, 0.1) is 23.5 Å².